The summed E-state index contributed by atoms with van der Waals surface area (Å²) in [7, 11) is 0. The van der Waals surface area contributed by atoms with E-state index in [2.05, 4.69) is 17.1 Å². The predicted molar refractivity (Wildman–Crippen MR) is 107 cm³/mol. The molecule has 5 nitrogen and oxygen atoms in total. The van der Waals surface area contributed by atoms with E-state index in [4.69, 9.17) is 10.5 Å². The first kappa shape index (κ1) is 18.1. The predicted octanol–water partition coefficient (Wildman–Crippen LogP) is 4.30. The van der Waals surface area contributed by atoms with Crippen LogP contribution >= 0.6 is 0 Å². The molecule has 0 unspecified atom stereocenters. The lowest BCUT2D eigenvalue weighted by molar-refractivity contribution is 0.102. The summed E-state index contributed by atoms with van der Waals surface area (Å²) in [5, 5.41) is 2.92. The number of ether oxygens (including phenoxy) is 1. The van der Waals surface area contributed by atoms with Gasteiger partial charge in [0.05, 0.1) is 18.0 Å². The Morgan fingerprint density at radius 2 is 2.12 bits per heavy atom. The minimum Gasteiger partial charge on any atom is -0.494 e. The maximum Gasteiger partial charge on any atom is 0.255 e. The van der Waals surface area contributed by atoms with Gasteiger partial charge in [0, 0.05) is 23.8 Å². The van der Waals surface area contributed by atoms with Gasteiger partial charge in [-0.3, -0.25) is 4.79 Å². The van der Waals surface area contributed by atoms with E-state index in [0.29, 0.717) is 35.3 Å². The van der Waals surface area contributed by atoms with E-state index in [-0.39, 0.29) is 5.91 Å². The molecule has 0 bridgehead atoms. The van der Waals surface area contributed by atoms with Gasteiger partial charge in [-0.1, -0.05) is 6.07 Å². The van der Waals surface area contributed by atoms with Crippen LogP contribution in [0.1, 0.15) is 43.5 Å². The van der Waals surface area contributed by atoms with Crippen LogP contribution in [0.3, 0.4) is 0 Å². The Balaban J connectivity index is 1.73. The molecule has 1 aliphatic rings. The molecule has 2 aromatic carbocycles. The van der Waals surface area contributed by atoms with Crippen molar-refractivity contribution in [3.63, 3.8) is 0 Å². The highest BCUT2D eigenvalue weighted by atomic mass is 16.5. The lowest BCUT2D eigenvalue weighted by atomic mass is 10.0. The number of hydrogen-bond donors (Lipinski definition) is 2. The monoisotopic (exact) mass is 353 g/mol. The first-order chi connectivity index (χ1) is 12.6. The highest BCUT2D eigenvalue weighted by Gasteiger charge is 2.20. The van der Waals surface area contributed by atoms with E-state index in [1.165, 1.54) is 19.3 Å². The Labute approximate surface area is 155 Å². The SMILES string of the molecule is CCOc1cccc(C(=O)Nc2ccc(N3CCCC[C@H]3C)c(N)c2)c1. The number of nitrogen functional groups attached to an aromatic ring is 1. The Bertz CT molecular complexity index is 776. The Morgan fingerprint density at radius 1 is 1.27 bits per heavy atom. The number of piperidine rings is 1. The molecule has 3 rings (SSSR count). The van der Waals surface area contributed by atoms with E-state index in [9.17, 15) is 4.79 Å². The largest absolute Gasteiger partial charge is 0.494 e. The van der Waals surface area contributed by atoms with E-state index < -0.39 is 0 Å². The number of nitrogens with two attached hydrogens (primary N) is 1. The second-order valence-corrected chi connectivity index (χ2v) is 6.73. The summed E-state index contributed by atoms with van der Waals surface area (Å²) in [4.78, 5) is 14.9. The minimum atomic E-state index is -0.176. The van der Waals surface area contributed by atoms with Crippen LogP contribution in [-0.4, -0.2) is 25.1 Å². The Hall–Kier alpha value is -2.69. The molecule has 3 N–H and O–H groups in total. The molecule has 1 aliphatic heterocycles. The molecule has 1 amide bonds. The Kier molecular flexibility index (Phi) is 5.66. The molecule has 0 aliphatic carbocycles. The number of benzene rings is 2. The van der Waals surface area contributed by atoms with Gasteiger partial charge in [-0.15, -0.1) is 0 Å². The molecule has 138 valence electrons. The van der Waals surface area contributed by atoms with Crippen molar-refractivity contribution in [3.8, 4) is 5.75 Å². The van der Waals surface area contributed by atoms with Crippen LogP contribution in [0.4, 0.5) is 17.1 Å². The van der Waals surface area contributed by atoms with Gasteiger partial charge in [0.1, 0.15) is 5.75 Å². The fourth-order valence-electron chi connectivity index (χ4n) is 3.45. The number of anilines is 3. The number of nitrogens with zero attached hydrogens (tertiary/aromatic N) is 1. The molecule has 26 heavy (non-hydrogen) atoms. The van der Waals surface area contributed by atoms with Crippen molar-refractivity contribution in [2.24, 2.45) is 0 Å². The van der Waals surface area contributed by atoms with Gasteiger partial charge in [-0.2, -0.15) is 0 Å². The third-order valence-corrected chi connectivity index (χ3v) is 4.81. The molecule has 0 aromatic heterocycles. The summed E-state index contributed by atoms with van der Waals surface area (Å²) in [5.41, 5.74) is 9.28. The van der Waals surface area contributed by atoms with E-state index in [1.807, 2.05) is 37.3 Å². The zero-order valence-corrected chi connectivity index (χ0v) is 15.5. The average molecular weight is 353 g/mol. The highest BCUT2D eigenvalue weighted by molar-refractivity contribution is 6.04. The van der Waals surface area contributed by atoms with Crippen LogP contribution < -0.4 is 20.7 Å². The Morgan fingerprint density at radius 3 is 2.85 bits per heavy atom. The molecule has 5 heteroatoms. The van der Waals surface area contributed by atoms with Gasteiger partial charge in [-0.05, 0) is 69.5 Å². The number of nitrogens with one attached hydrogen (secondary N) is 1. The van der Waals surface area contributed by atoms with Gasteiger partial charge >= 0.3 is 0 Å². The minimum absolute atomic E-state index is 0.176. The summed E-state index contributed by atoms with van der Waals surface area (Å²) in [6.07, 6.45) is 3.65. The third-order valence-electron chi connectivity index (χ3n) is 4.81. The van der Waals surface area contributed by atoms with Crippen molar-refractivity contribution >= 4 is 23.0 Å². The molecular formula is C21H27N3O2. The fraction of sp³-hybridized carbons (Fsp3) is 0.381. The van der Waals surface area contributed by atoms with Crippen molar-refractivity contribution in [1.29, 1.82) is 0 Å². The first-order valence-electron chi connectivity index (χ1n) is 9.29. The lowest BCUT2D eigenvalue weighted by Crippen LogP contribution is -2.37. The van der Waals surface area contributed by atoms with Crippen LogP contribution in [0.25, 0.3) is 0 Å². The summed E-state index contributed by atoms with van der Waals surface area (Å²) in [6.45, 7) is 5.75. The normalized spacial score (nSPS) is 17.0. The van der Waals surface area contributed by atoms with Crippen molar-refractivity contribution in [2.45, 2.75) is 39.2 Å². The number of carbonyl (C=O) groups is 1. The van der Waals surface area contributed by atoms with Crippen molar-refractivity contribution in [1.82, 2.24) is 0 Å². The van der Waals surface area contributed by atoms with Crippen LogP contribution in [0, 0.1) is 0 Å². The smallest absolute Gasteiger partial charge is 0.255 e. The number of rotatable bonds is 5. The fourth-order valence-corrected chi connectivity index (χ4v) is 3.45. The summed E-state index contributed by atoms with van der Waals surface area (Å²) >= 11 is 0. The summed E-state index contributed by atoms with van der Waals surface area (Å²) in [5.74, 6) is 0.513. The summed E-state index contributed by atoms with van der Waals surface area (Å²) < 4.78 is 5.45. The van der Waals surface area contributed by atoms with Crippen molar-refractivity contribution < 1.29 is 9.53 Å². The van der Waals surface area contributed by atoms with Crippen molar-refractivity contribution in [3.05, 3.63) is 48.0 Å². The van der Waals surface area contributed by atoms with Gasteiger partial charge in [-0.25, -0.2) is 0 Å². The zero-order chi connectivity index (χ0) is 18.5. The van der Waals surface area contributed by atoms with E-state index in [1.54, 1.807) is 12.1 Å². The molecule has 0 saturated carbocycles. The van der Waals surface area contributed by atoms with Gasteiger partial charge in [0.25, 0.3) is 5.91 Å². The molecule has 1 heterocycles. The quantitative estimate of drug-likeness (QED) is 0.787. The van der Waals surface area contributed by atoms with Crippen LogP contribution in [0.2, 0.25) is 0 Å². The van der Waals surface area contributed by atoms with E-state index in [0.717, 1.165) is 12.2 Å². The maximum atomic E-state index is 12.5. The molecular weight excluding hydrogens is 326 g/mol. The second kappa shape index (κ2) is 8.13. The number of amides is 1. The van der Waals surface area contributed by atoms with Gasteiger partial charge < -0.3 is 20.7 Å². The second-order valence-electron chi connectivity index (χ2n) is 6.73. The molecule has 2 aromatic rings. The van der Waals surface area contributed by atoms with Gasteiger partial charge in [0.2, 0.25) is 0 Å². The number of carbonyl (C=O) groups excluding carboxylic acids is 1. The molecule has 1 saturated heterocycles. The molecule has 0 radical (unpaired) electrons. The highest BCUT2D eigenvalue weighted by Crippen LogP contribution is 2.31. The van der Waals surface area contributed by atoms with E-state index >= 15 is 0 Å². The molecule has 1 fully saturated rings. The van der Waals surface area contributed by atoms with Crippen LogP contribution in [-0.2, 0) is 0 Å². The van der Waals surface area contributed by atoms with Crippen LogP contribution in [0.5, 0.6) is 5.75 Å². The average Bonchev–Trinajstić information content (AvgIpc) is 2.63. The standard InChI is InChI=1S/C21H27N3O2/c1-3-26-18-9-6-8-16(13-18)21(25)23-17-10-11-20(19(22)14-17)24-12-5-4-7-15(24)2/h6,8-11,13-15H,3-5,7,12,22H2,1-2H3,(H,23,25)/t15-/m1/s1. The maximum absolute atomic E-state index is 12.5. The molecule has 0 spiro atoms. The van der Waals surface area contributed by atoms with Crippen molar-refractivity contribution in [2.75, 3.05) is 29.1 Å². The van der Waals surface area contributed by atoms with Crippen LogP contribution in [0.15, 0.2) is 42.5 Å². The third kappa shape index (κ3) is 4.10. The summed E-state index contributed by atoms with van der Waals surface area (Å²) in [6, 6.07) is 13.4. The zero-order valence-electron chi connectivity index (χ0n) is 15.5. The van der Waals surface area contributed by atoms with Gasteiger partial charge in [0.15, 0.2) is 0 Å². The topological polar surface area (TPSA) is 67.6 Å². The first-order valence-corrected chi connectivity index (χ1v) is 9.29. The number of hydrogen-bond acceptors (Lipinski definition) is 4. The molecule has 1 atom stereocenters. The lowest BCUT2D eigenvalue weighted by Gasteiger charge is -2.36.